The molecule has 2 amide bonds. The summed E-state index contributed by atoms with van der Waals surface area (Å²) in [6, 6.07) is 13.5. The van der Waals surface area contributed by atoms with E-state index in [0.29, 0.717) is 24.1 Å². The summed E-state index contributed by atoms with van der Waals surface area (Å²) in [5.41, 5.74) is 3.20. The third-order valence-electron chi connectivity index (χ3n) is 6.28. The molecule has 1 fully saturated rings. The number of aromatic nitrogens is 1. The highest BCUT2D eigenvalue weighted by atomic mass is 16.6. The second-order valence-electron chi connectivity index (χ2n) is 10.4. The molecule has 0 aliphatic carbocycles. The average Bonchev–Trinajstić information content (AvgIpc) is 3.49. The number of nitrogens with one attached hydrogen (secondary N) is 2. The fraction of sp³-hybridized carbons (Fsp3) is 0.429. The number of carbonyl (C=O) groups is 2. The molecule has 4 rings (SSSR count). The molecule has 2 heterocycles. The number of benzene rings is 2. The Labute approximate surface area is 220 Å². The normalized spacial score (nSPS) is 17.0. The van der Waals surface area contributed by atoms with Crippen LogP contribution < -0.4 is 16.4 Å². The number of hydrogen-bond acceptors (Lipinski definition) is 7. The van der Waals surface area contributed by atoms with E-state index in [-0.39, 0.29) is 6.42 Å². The van der Waals surface area contributed by atoms with Crippen molar-refractivity contribution in [3.8, 4) is 17.2 Å². The van der Waals surface area contributed by atoms with Crippen LogP contribution >= 0.6 is 0 Å². The Morgan fingerprint density at radius 2 is 1.87 bits per heavy atom. The zero-order valence-corrected chi connectivity index (χ0v) is 21.9. The molecule has 0 radical (unpaired) electrons. The first-order chi connectivity index (χ1) is 18.0. The van der Waals surface area contributed by atoms with Crippen LogP contribution in [0.15, 0.2) is 51.7 Å². The zero-order chi connectivity index (χ0) is 27.4. The van der Waals surface area contributed by atoms with Gasteiger partial charge in [-0.05, 0) is 62.4 Å². The monoisotopic (exact) mass is 520 g/mol. The largest absolute Gasteiger partial charge is 0.444 e. The van der Waals surface area contributed by atoms with Crippen LogP contribution in [-0.4, -0.2) is 47.0 Å². The van der Waals surface area contributed by atoms with Crippen LogP contribution in [0, 0.1) is 11.3 Å². The molecule has 10 nitrogen and oxygen atoms in total. The van der Waals surface area contributed by atoms with Crippen LogP contribution in [0.1, 0.15) is 39.2 Å². The fourth-order valence-electron chi connectivity index (χ4n) is 4.39. The lowest BCUT2D eigenvalue weighted by Crippen LogP contribution is -2.55. The van der Waals surface area contributed by atoms with Crippen LogP contribution in [0.2, 0.25) is 0 Å². The van der Waals surface area contributed by atoms with Gasteiger partial charge in [-0.1, -0.05) is 30.3 Å². The summed E-state index contributed by atoms with van der Waals surface area (Å²) in [6.07, 6.45) is 0.468. The van der Waals surface area contributed by atoms with E-state index in [9.17, 15) is 19.6 Å². The molecule has 1 aliphatic rings. The first-order valence-electron chi connectivity index (χ1n) is 12.5. The lowest BCUT2D eigenvalue weighted by Gasteiger charge is -2.27. The Bertz CT molecular complexity index is 1400. The van der Waals surface area contributed by atoms with E-state index in [1.54, 1.807) is 33.9 Å². The number of aryl methyl sites for hydroxylation is 1. The maximum absolute atomic E-state index is 13.1. The van der Waals surface area contributed by atoms with Crippen molar-refractivity contribution in [2.75, 3.05) is 6.61 Å². The summed E-state index contributed by atoms with van der Waals surface area (Å²) in [7, 11) is 1.66. The van der Waals surface area contributed by atoms with Gasteiger partial charge >= 0.3 is 11.8 Å². The summed E-state index contributed by atoms with van der Waals surface area (Å²) in [5.74, 6) is -0.912. The molecule has 1 unspecified atom stereocenters. The number of amides is 2. The second kappa shape index (κ2) is 11.1. The van der Waals surface area contributed by atoms with Crippen LogP contribution in [0.25, 0.3) is 22.2 Å². The Morgan fingerprint density at radius 1 is 1.16 bits per heavy atom. The molecule has 1 aromatic heterocycles. The first kappa shape index (κ1) is 26.9. The fourth-order valence-corrected chi connectivity index (χ4v) is 4.39. The van der Waals surface area contributed by atoms with Crippen molar-refractivity contribution in [3.05, 3.63) is 58.6 Å². The molecule has 0 spiro atoms. The van der Waals surface area contributed by atoms with Gasteiger partial charge in [0.1, 0.15) is 17.7 Å². The van der Waals surface area contributed by atoms with E-state index in [2.05, 4.69) is 16.7 Å². The Balaban J connectivity index is 1.43. The van der Waals surface area contributed by atoms with E-state index in [1.165, 1.54) is 4.57 Å². The number of ether oxygens (including phenoxy) is 2. The molecule has 3 aromatic rings. The van der Waals surface area contributed by atoms with Crippen molar-refractivity contribution in [2.45, 2.75) is 63.8 Å². The molecule has 3 atom stereocenters. The van der Waals surface area contributed by atoms with Crippen molar-refractivity contribution in [1.82, 2.24) is 15.2 Å². The molecule has 10 heteroatoms. The van der Waals surface area contributed by atoms with Crippen LogP contribution in [0.4, 0.5) is 4.79 Å². The molecule has 2 aromatic carbocycles. The van der Waals surface area contributed by atoms with Crippen LogP contribution in [0.3, 0.4) is 0 Å². The smallest absolute Gasteiger partial charge is 0.419 e. The van der Waals surface area contributed by atoms with Gasteiger partial charge in [0.15, 0.2) is 5.58 Å². The molecule has 0 saturated carbocycles. The lowest BCUT2D eigenvalue weighted by molar-refractivity contribution is -0.126. The van der Waals surface area contributed by atoms with Crippen molar-refractivity contribution in [3.63, 3.8) is 0 Å². The maximum Gasteiger partial charge on any atom is 0.419 e. The van der Waals surface area contributed by atoms with Gasteiger partial charge in [-0.15, -0.1) is 0 Å². The topological polar surface area (TPSA) is 136 Å². The summed E-state index contributed by atoms with van der Waals surface area (Å²) in [4.78, 5) is 37.3. The van der Waals surface area contributed by atoms with E-state index >= 15 is 0 Å². The van der Waals surface area contributed by atoms with Gasteiger partial charge in [-0.2, -0.15) is 5.26 Å². The Kier molecular flexibility index (Phi) is 7.88. The van der Waals surface area contributed by atoms with E-state index in [4.69, 9.17) is 13.9 Å². The van der Waals surface area contributed by atoms with Crippen LogP contribution in [-0.2, 0) is 27.7 Å². The predicted molar refractivity (Wildman–Crippen MR) is 140 cm³/mol. The van der Waals surface area contributed by atoms with Crippen molar-refractivity contribution in [2.24, 2.45) is 7.05 Å². The molecule has 1 saturated heterocycles. The lowest BCUT2D eigenvalue weighted by atomic mass is 10.00. The van der Waals surface area contributed by atoms with Crippen molar-refractivity contribution in [1.29, 1.82) is 5.26 Å². The van der Waals surface area contributed by atoms with Gasteiger partial charge in [0.05, 0.1) is 17.7 Å². The highest BCUT2D eigenvalue weighted by Gasteiger charge is 2.35. The van der Waals surface area contributed by atoms with Gasteiger partial charge in [0.25, 0.3) is 0 Å². The minimum absolute atomic E-state index is 0.280. The Hall–Kier alpha value is -4.10. The number of carbonyl (C=O) groups excluding carboxylic acids is 2. The summed E-state index contributed by atoms with van der Waals surface area (Å²) < 4.78 is 17.6. The highest BCUT2D eigenvalue weighted by Crippen LogP contribution is 2.25. The Morgan fingerprint density at radius 3 is 2.50 bits per heavy atom. The minimum atomic E-state index is -0.973. The SMILES string of the molecule is Cn1c(=O)oc2ccc(-c3ccc(C[C@@H](C#N)NC(=O)[C@@H](NC(=O)OC(C)(C)C)C4CCCO4)cc3)cc21. The molecule has 200 valence electrons. The predicted octanol–water partition coefficient (Wildman–Crippen LogP) is 3.42. The van der Waals surface area contributed by atoms with Crippen molar-refractivity contribution >= 4 is 23.1 Å². The number of nitriles is 1. The molecule has 2 N–H and O–H groups in total. The van der Waals surface area contributed by atoms with Crippen molar-refractivity contribution < 1.29 is 23.5 Å². The molecular formula is C28H32N4O6. The van der Waals surface area contributed by atoms with Gasteiger partial charge in [0.2, 0.25) is 5.91 Å². The maximum atomic E-state index is 13.1. The summed E-state index contributed by atoms with van der Waals surface area (Å²) in [5, 5.41) is 15.1. The third kappa shape index (κ3) is 6.42. The van der Waals surface area contributed by atoms with Gasteiger partial charge in [0, 0.05) is 20.1 Å². The van der Waals surface area contributed by atoms with Gasteiger partial charge in [-0.3, -0.25) is 9.36 Å². The highest BCUT2D eigenvalue weighted by molar-refractivity contribution is 5.87. The quantitative estimate of drug-likeness (QED) is 0.487. The van der Waals surface area contributed by atoms with E-state index in [1.807, 2.05) is 36.4 Å². The summed E-state index contributed by atoms with van der Waals surface area (Å²) >= 11 is 0. The van der Waals surface area contributed by atoms with Gasteiger partial charge < -0.3 is 24.5 Å². The number of alkyl carbamates (subject to hydrolysis) is 1. The molecule has 0 bridgehead atoms. The summed E-state index contributed by atoms with van der Waals surface area (Å²) in [6.45, 7) is 5.72. The van der Waals surface area contributed by atoms with Gasteiger partial charge in [-0.25, -0.2) is 9.59 Å². The first-order valence-corrected chi connectivity index (χ1v) is 12.5. The molecule has 38 heavy (non-hydrogen) atoms. The standard InChI is InChI=1S/C28H32N4O6/c1-28(2,3)38-26(34)31-24(23-6-5-13-36-23)25(33)30-20(16-29)14-17-7-9-18(10-8-17)19-11-12-22-21(15-19)32(4)27(35)37-22/h7-12,15,20,23-24H,5-6,13-14H2,1-4H3,(H,30,33)(H,31,34)/t20-,23?,24-/m0/s1. The number of fused-ring (bicyclic) bond motifs is 1. The van der Waals surface area contributed by atoms with E-state index in [0.717, 1.165) is 23.1 Å². The zero-order valence-electron chi connectivity index (χ0n) is 21.9. The number of nitrogens with zero attached hydrogens (tertiary/aromatic N) is 2. The third-order valence-corrected chi connectivity index (χ3v) is 6.28. The van der Waals surface area contributed by atoms with E-state index < -0.39 is 41.5 Å². The number of rotatable bonds is 7. The minimum Gasteiger partial charge on any atom is -0.444 e. The molecule has 1 aliphatic heterocycles. The van der Waals surface area contributed by atoms with Crippen LogP contribution in [0.5, 0.6) is 0 Å². The number of oxazole rings is 1. The molecular weight excluding hydrogens is 488 g/mol. The average molecular weight is 521 g/mol. The second-order valence-corrected chi connectivity index (χ2v) is 10.4. The number of hydrogen-bond donors (Lipinski definition) is 2.